The van der Waals surface area contributed by atoms with Gasteiger partial charge in [-0.3, -0.25) is 14.6 Å². The van der Waals surface area contributed by atoms with E-state index in [2.05, 4.69) is 17.0 Å². The summed E-state index contributed by atoms with van der Waals surface area (Å²) in [5, 5.41) is 0.505. The Morgan fingerprint density at radius 2 is 1.49 bits per heavy atom. The molecule has 0 radical (unpaired) electrons. The summed E-state index contributed by atoms with van der Waals surface area (Å²) in [7, 11) is 7.84. The first-order valence-corrected chi connectivity index (χ1v) is 14.1. The van der Waals surface area contributed by atoms with Crippen LogP contribution in [0.4, 0.5) is 0 Å². The van der Waals surface area contributed by atoms with E-state index in [1.165, 1.54) is 26.9 Å². The monoisotopic (exact) mass is 602 g/mol. The maximum atomic E-state index is 13.4. The number of hydrogen-bond donors (Lipinski definition) is 0. The predicted octanol–water partition coefficient (Wildman–Crippen LogP) is 5.44. The summed E-state index contributed by atoms with van der Waals surface area (Å²) in [6.07, 6.45) is 2.51. The Morgan fingerprint density at radius 1 is 0.854 bits per heavy atom. The van der Waals surface area contributed by atoms with Crippen LogP contribution in [-0.4, -0.2) is 70.5 Å². The molecule has 220 valence electrons. The van der Waals surface area contributed by atoms with Gasteiger partial charge in [0.05, 0.1) is 39.0 Å². The molecule has 0 aromatic heterocycles. The average Bonchev–Trinajstić information content (AvgIpc) is 2.95. The Labute approximate surface area is 251 Å². The van der Waals surface area contributed by atoms with Crippen molar-refractivity contribution in [2.45, 2.75) is 38.0 Å². The Hall–Kier alpha value is -3.20. The van der Waals surface area contributed by atoms with Crippen LogP contribution in [-0.2, 0) is 41.4 Å². The molecule has 0 aliphatic carbocycles. The minimum atomic E-state index is -1.16. The van der Waals surface area contributed by atoms with Crippen LogP contribution in [0.3, 0.4) is 0 Å². The first kappa shape index (κ1) is 32.3. The van der Waals surface area contributed by atoms with E-state index in [-0.39, 0.29) is 27.8 Å². The molecule has 0 spiro atoms. The van der Waals surface area contributed by atoms with E-state index in [0.717, 1.165) is 24.9 Å². The van der Waals surface area contributed by atoms with E-state index < -0.39 is 29.7 Å². The van der Waals surface area contributed by atoms with E-state index in [9.17, 15) is 14.4 Å². The van der Waals surface area contributed by atoms with E-state index in [0.29, 0.717) is 24.1 Å². The largest absolute Gasteiger partial charge is 0.469 e. The van der Waals surface area contributed by atoms with Gasteiger partial charge in [-0.1, -0.05) is 53.5 Å². The topological polar surface area (TPSA) is 94.5 Å². The molecule has 1 heterocycles. The first-order chi connectivity index (χ1) is 19.6. The molecule has 1 aliphatic rings. The zero-order valence-electron chi connectivity index (χ0n) is 24.0. The van der Waals surface area contributed by atoms with E-state index in [1.54, 1.807) is 18.2 Å². The molecular weight excluding hydrogens is 567 g/mol. The lowest BCUT2D eigenvalue weighted by Gasteiger charge is -2.33. The second kappa shape index (κ2) is 15.1. The van der Waals surface area contributed by atoms with Crippen molar-refractivity contribution in [1.29, 1.82) is 0 Å². The molecular formula is C31H36Cl2N2O6. The number of carbonyl (C=O) groups is 3. The van der Waals surface area contributed by atoms with Gasteiger partial charge in [0, 0.05) is 21.7 Å². The van der Waals surface area contributed by atoms with Crippen molar-refractivity contribution >= 4 is 46.8 Å². The van der Waals surface area contributed by atoms with E-state index >= 15 is 0 Å². The number of rotatable bonds is 12. The summed E-state index contributed by atoms with van der Waals surface area (Å²) in [5.74, 6) is -4.12. The zero-order valence-corrected chi connectivity index (χ0v) is 25.6. The highest BCUT2D eigenvalue weighted by Gasteiger charge is 2.46. The molecule has 0 amide bonds. The Balaban J connectivity index is 2.18. The van der Waals surface area contributed by atoms with Crippen LogP contribution in [0.2, 0.25) is 10.0 Å². The third-order valence-electron chi connectivity index (χ3n) is 7.12. The lowest BCUT2D eigenvalue weighted by atomic mass is 9.74. The quantitative estimate of drug-likeness (QED) is 0.236. The fourth-order valence-corrected chi connectivity index (χ4v) is 5.79. The van der Waals surface area contributed by atoms with Gasteiger partial charge in [-0.05, 0) is 75.1 Å². The molecule has 0 N–H and O–H groups in total. The summed E-state index contributed by atoms with van der Waals surface area (Å²) >= 11 is 13.3. The maximum absolute atomic E-state index is 13.4. The molecule has 0 fully saturated rings. The van der Waals surface area contributed by atoms with Crippen LogP contribution in [0.5, 0.6) is 0 Å². The number of benzene rings is 2. The molecule has 2 aromatic carbocycles. The van der Waals surface area contributed by atoms with Crippen LogP contribution in [0.1, 0.15) is 41.9 Å². The van der Waals surface area contributed by atoms with Gasteiger partial charge >= 0.3 is 17.9 Å². The molecule has 0 saturated carbocycles. The van der Waals surface area contributed by atoms with Gasteiger partial charge in [-0.2, -0.15) is 0 Å². The summed E-state index contributed by atoms with van der Waals surface area (Å²) in [4.78, 5) is 46.0. The van der Waals surface area contributed by atoms with Gasteiger partial charge < -0.3 is 19.1 Å². The number of ether oxygens (including phenoxy) is 3. The fraction of sp³-hybridized carbons (Fsp3) is 0.419. The SMILES string of the molecule is COC(=O)CC1=NC(CCc2ccccc2CCCN(C)C)=C(C(=O)OC)C(c2c(Cl)cccc2Cl)C1C(=O)OC. The maximum Gasteiger partial charge on any atom is 0.336 e. The Bertz CT molecular complexity index is 1320. The lowest BCUT2D eigenvalue weighted by molar-refractivity contribution is -0.143. The van der Waals surface area contributed by atoms with Crippen LogP contribution in [0.25, 0.3) is 0 Å². The molecule has 0 bridgehead atoms. The van der Waals surface area contributed by atoms with Crippen molar-refractivity contribution in [3.8, 4) is 0 Å². The highest BCUT2D eigenvalue weighted by Crippen LogP contribution is 2.46. The van der Waals surface area contributed by atoms with Gasteiger partial charge in [-0.15, -0.1) is 0 Å². The molecule has 2 aromatic rings. The van der Waals surface area contributed by atoms with Crippen molar-refractivity contribution in [3.63, 3.8) is 0 Å². The highest BCUT2D eigenvalue weighted by atomic mass is 35.5. The smallest absolute Gasteiger partial charge is 0.336 e. The Morgan fingerprint density at radius 3 is 2.05 bits per heavy atom. The number of hydrogen-bond acceptors (Lipinski definition) is 8. The number of carbonyl (C=O) groups excluding carboxylic acids is 3. The Kier molecular flexibility index (Phi) is 11.9. The molecule has 2 unspecified atom stereocenters. The number of aliphatic imine (C=N–C) groups is 1. The summed E-state index contributed by atoms with van der Waals surface area (Å²) < 4.78 is 15.2. The highest BCUT2D eigenvalue weighted by molar-refractivity contribution is 6.36. The molecule has 2 atom stereocenters. The van der Waals surface area contributed by atoms with Crippen LogP contribution in [0, 0.1) is 5.92 Å². The van der Waals surface area contributed by atoms with Gasteiger partial charge in [0.15, 0.2) is 0 Å². The van der Waals surface area contributed by atoms with Crippen molar-refractivity contribution in [2.75, 3.05) is 42.0 Å². The summed E-state index contributed by atoms with van der Waals surface area (Å²) in [5.41, 5.74) is 3.42. The van der Waals surface area contributed by atoms with Crippen molar-refractivity contribution < 1.29 is 28.6 Å². The lowest BCUT2D eigenvalue weighted by Crippen LogP contribution is -2.38. The van der Waals surface area contributed by atoms with Crippen molar-refractivity contribution in [3.05, 3.63) is 80.5 Å². The minimum absolute atomic E-state index is 0.150. The van der Waals surface area contributed by atoms with Crippen LogP contribution < -0.4 is 0 Å². The number of esters is 3. The molecule has 41 heavy (non-hydrogen) atoms. The van der Waals surface area contributed by atoms with Gasteiger partial charge in [0.1, 0.15) is 5.92 Å². The van der Waals surface area contributed by atoms with Crippen molar-refractivity contribution in [1.82, 2.24) is 4.90 Å². The van der Waals surface area contributed by atoms with Crippen molar-refractivity contribution in [2.24, 2.45) is 10.9 Å². The molecule has 8 nitrogen and oxygen atoms in total. The number of halogens is 2. The normalized spacial score (nSPS) is 16.8. The molecule has 0 saturated heterocycles. The minimum Gasteiger partial charge on any atom is -0.469 e. The first-order valence-electron chi connectivity index (χ1n) is 13.3. The third kappa shape index (κ3) is 7.97. The number of aryl methyl sites for hydroxylation is 2. The van der Waals surface area contributed by atoms with E-state index in [1.807, 2.05) is 26.2 Å². The third-order valence-corrected chi connectivity index (χ3v) is 7.78. The second-order valence-corrected chi connectivity index (χ2v) is 10.8. The van der Waals surface area contributed by atoms with E-state index in [4.69, 9.17) is 42.4 Å². The van der Waals surface area contributed by atoms with Crippen LogP contribution in [0.15, 0.2) is 58.7 Å². The summed E-state index contributed by atoms with van der Waals surface area (Å²) in [6.45, 7) is 0.961. The fourth-order valence-electron chi connectivity index (χ4n) is 5.16. The standard InChI is InChI=1S/C31H36Cl2N2O6/c1-35(2)17-9-12-19-10-6-7-11-20(19)15-16-23-27(30(37)40-4)29(26-21(32)13-8-14-22(26)33)28(31(38)41-5)24(34-23)18-25(36)39-3/h6-8,10-11,13-14,28-29H,9,12,15-18H2,1-5H3. The average molecular weight is 604 g/mol. The molecule has 3 rings (SSSR count). The second-order valence-electron chi connectivity index (χ2n) is 10.00. The number of allylic oxidation sites excluding steroid dienone is 1. The van der Waals surface area contributed by atoms with Crippen LogP contribution >= 0.6 is 23.2 Å². The summed E-state index contributed by atoms with van der Waals surface area (Å²) in [6, 6.07) is 13.1. The number of methoxy groups -OCH3 is 3. The van der Waals surface area contributed by atoms with Gasteiger partial charge in [-0.25, -0.2) is 4.79 Å². The molecule has 10 heteroatoms. The van der Waals surface area contributed by atoms with Gasteiger partial charge in [0.2, 0.25) is 0 Å². The van der Waals surface area contributed by atoms with Gasteiger partial charge in [0.25, 0.3) is 0 Å². The predicted molar refractivity (Wildman–Crippen MR) is 159 cm³/mol. The zero-order chi connectivity index (χ0) is 30.1. The molecule has 1 aliphatic heterocycles. The number of nitrogens with zero attached hydrogens (tertiary/aromatic N) is 2.